The van der Waals surface area contributed by atoms with E-state index in [1.165, 1.54) is 32.1 Å². The maximum atomic E-state index is 9.62. The Morgan fingerprint density at radius 3 is 2.82 bits per heavy atom. The number of methoxy groups -OCH3 is 1. The Kier molecular flexibility index (Phi) is 4.79. The minimum Gasteiger partial charge on any atom is -0.395 e. The fraction of sp³-hybridized carbons (Fsp3) is 1.00. The SMILES string of the molecule is COCC(N)C(CO)N1CCCC2CCCC21. The van der Waals surface area contributed by atoms with Gasteiger partial charge < -0.3 is 15.6 Å². The average molecular weight is 242 g/mol. The first-order valence-corrected chi connectivity index (χ1v) is 6.89. The van der Waals surface area contributed by atoms with Crippen molar-refractivity contribution in [2.45, 2.75) is 50.2 Å². The van der Waals surface area contributed by atoms with Crippen LogP contribution >= 0.6 is 0 Å². The summed E-state index contributed by atoms with van der Waals surface area (Å²) < 4.78 is 5.13. The van der Waals surface area contributed by atoms with E-state index in [1.54, 1.807) is 7.11 Å². The number of nitrogens with two attached hydrogens (primary N) is 1. The molecule has 100 valence electrons. The largest absolute Gasteiger partial charge is 0.395 e. The molecule has 2 fully saturated rings. The normalized spacial score (nSPS) is 33.4. The van der Waals surface area contributed by atoms with Crippen LogP contribution in [0, 0.1) is 5.92 Å². The van der Waals surface area contributed by atoms with Crippen LogP contribution in [0.4, 0.5) is 0 Å². The van der Waals surface area contributed by atoms with E-state index in [2.05, 4.69) is 4.90 Å². The van der Waals surface area contributed by atoms with Crippen LogP contribution in [0.5, 0.6) is 0 Å². The van der Waals surface area contributed by atoms with E-state index in [0.717, 1.165) is 12.5 Å². The summed E-state index contributed by atoms with van der Waals surface area (Å²) in [5.41, 5.74) is 6.13. The van der Waals surface area contributed by atoms with Gasteiger partial charge in [-0.25, -0.2) is 0 Å². The van der Waals surface area contributed by atoms with Crippen molar-refractivity contribution in [1.82, 2.24) is 4.90 Å². The highest BCUT2D eigenvalue weighted by molar-refractivity contribution is 4.94. The molecule has 2 rings (SSSR count). The van der Waals surface area contributed by atoms with Crippen LogP contribution in [-0.2, 0) is 4.74 Å². The van der Waals surface area contributed by atoms with E-state index in [0.29, 0.717) is 12.6 Å². The van der Waals surface area contributed by atoms with Crippen LogP contribution < -0.4 is 5.73 Å². The summed E-state index contributed by atoms with van der Waals surface area (Å²) in [6.07, 6.45) is 6.58. The van der Waals surface area contributed by atoms with E-state index >= 15 is 0 Å². The molecule has 4 heteroatoms. The maximum Gasteiger partial charge on any atom is 0.0629 e. The fourth-order valence-electron chi connectivity index (χ4n) is 3.69. The molecule has 2 aliphatic rings. The standard InChI is InChI=1S/C13H26N2O2/c1-17-9-11(14)13(8-16)15-7-3-5-10-4-2-6-12(10)15/h10-13,16H,2-9,14H2,1H3. The van der Waals surface area contributed by atoms with E-state index in [1.807, 2.05) is 0 Å². The van der Waals surface area contributed by atoms with Gasteiger partial charge in [0.2, 0.25) is 0 Å². The Morgan fingerprint density at radius 2 is 2.12 bits per heavy atom. The van der Waals surface area contributed by atoms with Gasteiger partial charge in [-0.2, -0.15) is 0 Å². The lowest BCUT2D eigenvalue weighted by atomic mass is 9.89. The molecule has 0 aromatic rings. The first-order valence-electron chi connectivity index (χ1n) is 6.89. The lowest BCUT2D eigenvalue weighted by molar-refractivity contribution is 0.0112. The molecule has 1 aliphatic heterocycles. The second kappa shape index (κ2) is 6.14. The molecular formula is C13H26N2O2. The minimum atomic E-state index is -0.0793. The quantitative estimate of drug-likeness (QED) is 0.740. The highest BCUT2D eigenvalue weighted by Crippen LogP contribution is 2.37. The van der Waals surface area contributed by atoms with Crippen molar-refractivity contribution in [2.75, 3.05) is 26.9 Å². The molecule has 4 unspecified atom stereocenters. The highest BCUT2D eigenvalue weighted by Gasteiger charge is 2.39. The van der Waals surface area contributed by atoms with Gasteiger partial charge in [0.1, 0.15) is 0 Å². The molecular weight excluding hydrogens is 216 g/mol. The van der Waals surface area contributed by atoms with E-state index < -0.39 is 0 Å². The Hall–Kier alpha value is -0.160. The monoisotopic (exact) mass is 242 g/mol. The van der Waals surface area contributed by atoms with Crippen molar-refractivity contribution in [3.8, 4) is 0 Å². The number of ether oxygens (including phenoxy) is 1. The summed E-state index contributed by atoms with van der Waals surface area (Å²) in [5, 5.41) is 9.62. The van der Waals surface area contributed by atoms with Gasteiger partial charge in [-0.05, 0) is 38.1 Å². The van der Waals surface area contributed by atoms with Crippen LogP contribution in [0.3, 0.4) is 0 Å². The zero-order chi connectivity index (χ0) is 12.3. The highest BCUT2D eigenvalue weighted by atomic mass is 16.5. The van der Waals surface area contributed by atoms with Crippen molar-refractivity contribution in [2.24, 2.45) is 11.7 Å². The molecule has 0 amide bonds. The zero-order valence-corrected chi connectivity index (χ0v) is 10.8. The molecule has 1 saturated carbocycles. The summed E-state index contributed by atoms with van der Waals surface area (Å²) in [6.45, 7) is 1.76. The molecule has 3 N–H and O–H groups in total. The molecule has 4 nitrogen and oxygen atoms in total. The topological polar surface area (TPSA) is 58.7 Å². The number of aliphatic hydroxyl groups is 1. The number of fused-ring (bicyclic) bond motifs is 1. The summed E-state index contributed by atoms with van der Waals surface area (Å²) in [5.74, 6) is 0.840. The third-order valence-corrected chi connectivity index (χ3v) is 4.50. The van der Waals surface area contributed by atoms with Crippen molar-refractivity contribution < 1.29 is 9.84 Å². The molecule has 0 bridgehead atoms. The number of nitrogens with zero attached hydrogens (tertiary/aromatic N) is 1. The Morgan fingerprint density at radius 1 is 1.35 bits per heavy atom. The van der Waals surface area contributed by atoms with Crippen LogP contribution in [0.15, 0.2) is 0 Å². The van der Waals surface area contributed by atoms with Gasteiger partial charge in [-0.3, -0.25) is 4.90 Å². The first-order chi connectivity index (χ1) is 8.27. The molecule has 0 aromatic heterocycles. The van der Waals surface area contributed by atoms with Gasteiger partial charge in [-0.1, -0.05) is 6.42 Å². The lowest BCUT2D eigenvalue weighted by Gasteiger charge is -2.44. The van der Waals surface area contributed by atoms with Gasteiger partial charge in [0.15, 0.2) is 0 Å². The van der Waals surface area contributed by atoms with Crippen molar-refractivity contribution in [3.05, 3.63) is 0 Å². The number of hydrogen-bond acceptors (Lipinski definition) is 4. The van der Waals surface area contributed by atoms with Gasteiger partial charge in [0.05, 0.1) is 19.3 Å². The Bertz CT molecular complexity index is 237. The predicted octanol–water partition coefficient (Wildman–Crippen LogP) is 0.586. The summed E-state index contributed by atoms with van der Waals surface area (Å²) in [6, 6.07) is 0.647. The number of hydrogen-bond donors (Lipinski definition) is 2. The average Bonchev–Trinajstić information content (AvgIpc) is 2.79. The van der Waals surface area contributed by atoms with Crippen molar-refractivity contribution >= 4 is 0 Å². The molecule has 4 atom stereocenters. The van der Waals surface area contributed by atoms with Gasteiger partial charge in [-0.15, -0.1) is 0 Å². The molecule has 0 spiro atoms. The van der Waals surface area contributed by atoms with E-state index in [-0.39, 0.29) is 18.7 Å². The summed E-state index contributed by atoms with van der Waals surface area (Å²) >= 11 is 0. The molecule has 17 heavy (non-hydrogen) atoms. The van der Waals surface area contributed by atoms with Crippen LogP contribution in [-0.4, -0.2) is 55.0 Å². The predicted molar refractivity (Wildman–Crippen MR) is 67.8 cm³/mol. The Labute approximate surface area is 104 Å². The van der Waals surface area contributed by atoms with Crippen molar-refractivity contribution in [3.63, 3.8) is 0 Å². The number of rotatable bonds is 5. The summed E-state index contributed by atoms with van der Waals surface area (Å²) in [4.78, 5) is 2.46. The number of aliphatic hydroxyl groups excluding tert-OH is 1. The molecule has 0 aromatic carbocycles. The molecule has 1 aliphatic carbocycles. The molecule has 0 radical (unpaired) electrons. The van der Waals surface area contributed by atoms with E-state index in [4.69, 9.17) is 10.5 Å². The van der Waals surface area contributed by atoms with Crippen LogP contribution in [0.25, 0.3) is 0 Å². The lowest BCUT2D eigenvalue weighted by Crippen LogP contribution is -2.58. The zero-order valence-electron chi connectivity index (χ0n) is 10.8. The Balaban J connectivity index is 2.01. The van der Waals surface area contributed by atoms with E-state index in [9.17, 15) is 5.11 Å². The van der Waals surface area contributed by atoms with Crippen molar-refractivity contribution in [1.29, 1.82) is 0 Å². The second-order valence-corrected chi connectivity index (χ2v) is 5.51. The maximum absolute atomic E-state index is 9.62. The minimum absolute atomic E-state index is 0.0702. The molecule has 1 heterocycles. The number of piperidine rings is 1. The van der Waals surface area contributed by atoms with Gasteiger partial charge >= 0.3 is 0 Å². The fourth-order valence-corrected chi connectivity index (χ4v) is 3.69. The van der Waals surface area contributed by atoms with Crippen LogP contribution in [0.1, 0.15) is 32.1 Å². The van der Waals surface area contributed by atoms with Crippen LogP contribution in [0.2, 0.25) is 0 Å². The third kappa shape index (κ3) is 2.81. The first kappa shape index (κ1) is 13.3. The summed E-state index contributed by atoms with van der Waals surface area (Å²) in [7, 11) is 1.67. The molecule has 1 saturated heterocycles. The third-order valence-electron chi connectivity index (χ3n) is 4.50. The smallest absolute Gasteiger partial charge is 0.0629 e. The van der Waals surface area contributed by atoms with Gasteiger partial charge in [0, 0.05) is 19.2 Å². The number of likely N-dealkylation sites (tertiary alicyclic amines) is 1. The second-order valence-electron chi connectivity index (χ2n) is 5.51. The van der Waals surface area contributed by atoms with Gasteiger partial charge in [0.25, 0.3) is 0 Å².